The van der Waals surface area contributed by atoms with Crippen molar-refractivity contribution in [3.63, 3.8) is 0 Å². The fraction of sp³-hybridized carbons (Fsp3) is 1.00. The molecule has 94 valence electrons. The zero-order valence-corrected chi connectivity index (χ0v) is 11.2. The molecule has 2 nitrogen and oxygen atoms in total. The predicted molar refractivity (Wildman–Crippen MR) is 71.0 cm³/mol. The topological polar surface area (TPSA) is 32.3 Å². The molecule has 0 spiro atoms. The fourth-order valence-corrected chi connectivity index (χ4v) is 3.60. The maximum atomic E-state index is 9.60. The van der Waals surface area contributed by atoms with Crippen molar-refractivity contribution in [2.45, 2.75) is 49.7 Å². The smallest absolute Gasteiger partial charge is 0.0499 e. The molecule has 2 fully saturated rings. The molecule has 0 heterocycles. The number of hydrogen-bond donors (Lipinski definition) is 2. The van der Waals surface area contributed by atoms with E-state index in [2.05, 4.69) is 11.6 Å². The summed E-state index contributed by atoms with van der Waals surface area (Å²) in [5, 5.41) is 13.2. The van der Waals surface area contributed by atoms with Crippen LogP contribution in [0.1, 0.15) is 44.9 Å². The molecule has 0 aromatic carbocycles. The average Bonchev–Trinajstić information content (AvgIpc) is 3.11. The van der Waals surface area contributed by atoms with E-state index in [1.807, 2.05) is 11.8 Å². The maximum absolute atomic E-state index is 9.60. The van der Waals surface area contributed by atoms with Crippen molar-refractivity contribution < 1.29 is 5.11 Å². The molecule has 0 aromatic rings. The first kappa shape index (κ1) is 12.7. The Balaban J connectivity index is 1.74. The van der Waals surface area contributed by atoms with Gasteiger partial charge in [0, 0.05) is 29.9 Å². The van der Waals surface area contributed by atoms with Gasteiger partial charge in [-0.3, -0.25) is 0 Å². The molecule has 0 unspecified atom stereocenters. The Morgan fingerprint density at radius 2 is 1.75 bits per heavy atom. The highest BCUT2D eigenvalue weighted by Crippen LogP contribution is 2.46. The average molecular weight is 243 g/mol. The Kier molecular flexibility index (Phi) is 4.20. The molecule has 16 heavy (non-hydrogen) atoms. The summed E-state index contributed by atoms with van der Waals surface area (Å²) in [6.45, 7) is 2.52. The van der Waals surface area contributed by atoms with Gasteiger partial charge in [0.2, 0.25) is 0 Å². The summed E-state index contributed by atoms with van der Waals surface area (Å²) in [5.41, 5.74) is 0.201. The second-order valence-corrected chi connectivity index (χ2v) is 6.98. The van der Waals surface area contributed by atoms with Gasteiger partial charge in [-0.25, -0.2) is 0 Å². The molecule has 0 atom stereocenters. The number of aliphatic hydroxyl groups excluding tert-OH is 1. The van der Waals surface area contributed by atoms with Crippen LogP contribution in [0.2, 0.25) is 0 Å². The van der Waals surface area contributed by atoms with Crippen molar-refractivity contribution in [2.75, 3.05) is 26.0 Å². The van der Waals surface area contributed by atoms with Crippen LogP contribution in [0.15, 0.2) is 0 Å². The molecule has 2 saturated carbocycles. The van der Waals surface area contributed by atoms with E-state index in [0.717, 1.165) is 13.1 Å². The third-order valence-corrected chi connectivity index (χ3v) is 5.86. The summed E-state index contributed by atoms with van der Waals surface area (Å²) in [7, 11) is 0. The van der Waals surface area contributed by atoms with E-state index >= 15 is 0 Å². The third kappa shape index (κ3) is 2.93. The fourth-order valence-electron chi connectivity index (χ4n) is 2.84. The largest absolute Gasteiger partial charge is 0.396 e. The second-order valence-electron chi connectivity index (χ2n) is 5.71. The number of aliphatic hydroxyl groups is 1. The second kappa shape index (κ2) is 5.28. The van der Waals surface area contributed by atoms with Gasteiger partial charge >= 0.3 is 0 Å². The van der Waals surface area contributed by atoms with E-state index in [-0.39, 0.29) is 5.41 Å². The molecule has 0 amide bonds. The summed E-state index contributed by atoms with van der Waals surface area (Å²) < 4.78 is 0.547. The molecular weight excluding hydrogens is 218 g/mol. The molecule has 0 radical (unpaired) electrons. The van der Waals surface area contributed by atoms with Gasteiger partial charge in [0.1, 0.15) is 0 Å². The molecule has 0 aliphatic heterocycles. The van der Waals surface area contributed by atoms with Gasteiger partial charge in [0.25, 0.3) is 0 Å². The monoisotopic (exact) mass is 243 g/mol. The van der Waals surface area contributed by atoms with Crippen molar-refractivity contribution >= 4 is 11.8 Å². The van der Waals surface area contributed by atoms with Crippen LogP contribution < -0.4 is 5.32 Å². The lowest BCUT2D eigenvalue weighted by molar-refractivity contribution is 0.0815. The quantitative estimate of drug-likeness (QED) is 0.751. The number of thioether (sulfide) groups is 1. The zero-order valence-electron chi connectivity index (χ0n) is 10.4. The zero-order chi connectivity index (χ0) is 11.5. The first-order valence-electron chi connectivity index (χ1n) is 6.61. The van der Waals surface area contributed by atoms with Crippen molar-refractivity contribution in [1.29, 1.82) is 0 Å². The van der Waals surface area contributed by atoms with Crippen molar-refractivity contribution in [3.8, 4) is 0 Å². The Hall–Kier alpha value is 0.270. The van der Waals surface area contributed by atoms with E-state index in [1.54, 1.807) is 0 Å². The Morgan fingerprint density at radius 3 is 2.25 bits per heavy atom. The molecule has 0 bridgehead atoms. The van der Waals surface area contributed by atoms with Crippen molar-refractivity contribution in [1.82, 2.24) is 5.32 Å². The van der Waals surface area contributed by atoms with E-state index in [4.69, 9.17) is 0 Å². The minimum Gasteiger partial charge on any atom is -0.396 e. The standard InChI is InChI=1S/C13H25NOS/c1-16-13(7-8-13)10-14-9-12(11-15)5-3-2-4-6-12/h14-15H,2-11H2,1H3. The molecule has 3 heteroatoms. The van der Waals surface area contributed by atoms with Crippen LogP contribution in [-0.4, -0.2) is 35.8 Å². The highest BCUT2D eigenvalue weighted by molar-refractivity contribution is 8.00. The summed E-state index contributed by atoms with van der Waals surface area (Å²) in [6.07, 6.45) is 11.3. The number of rotatable bonds is 6. The molecule has 0 aromatic heterocycles. The molecule has 2 N–H and O–H groups in total. The minimum atomic E-state index is 0.201. The normalized spacial score (nSPS) is 26.6. The summed E-state index contributed by atoms with van der Waals surface area (Å²) in [4.78, 5) is 0. The van der Waals surface area contributed by atoms with Gasteiger partial charge in [-0.1, -0.05) is 19.3 Å². The lowest BCUT2D eigenvalue weighted by Gasteiger charge is -2.36. The Labute approximate surface area is 104 Å². The molecule has 2 aliphatic carbocycles. The Morgan fingerprint density at radius 1 is 1.06 bits per heavy atom. The van der Waals surface area contributed by atoms with Crippen LogP contribution in [0.25, 0.3) is 0 Å². The van der Waals surface area contributed by atoms with Gasteiger partial charge in [0.05, 0.1) is 0 Å². The highest BCUT2D eigenvalue weighted by atomic mass is 32.2. The number of nitrogens with one attached hydrogen (secondary N) is 1. The summed E-state index contributed by atoms with van der Waals surface area (Å²) >= 11 is 2.01. The van der Waals surface area contributed by atoms with E-state index < -0.39 is 0 Å². The van der Waals surface area contributed by atoms with Gasteiger partial charge in [-0.15, -0.1) is 0 Å². The van der Waals surface area contributed by atoms with Crippen LogP contribution in [0.5, 0.6) is 0 Å². The van der Waals surface area contributed by atoms with Gasteiger partial charge in [-0.2, -0.15) is 11.8 Å². The van der Waals surface area contributed by atoms with Gasteiger partial charge in [-0.05, 0) is 31.9 Å². The third-order valence-electron chi connectivity index (χ3n) is 4.44. The van der Waals surface area contributed by atoms with Crippen molar-refractivity contribution in [3.05, 3.63) is 0 Å². The van der Waals surface area contributed by atoms with Gasteiger partial charge < -0.3 is 10.4 Å². The van der Waals surface area contributed by atoms with E-state index in [1.165, 1.54) is 44.9 Å². The minimum absolute atomic E-state index is 0.201. The van der Waals surface area contributed by atoms with E-state index in [0.29, 0.717) is 11.4 Å². The van der Waals surface area contributed by atoms with Crippen LogP contribution in [0.4, 0.5) is 0 Å². The molecule has 0 saturated heterocycles. The number of hydrogen-bond acceptors (Lipinski definition) is 3. The van der Waals surface area contributed by atoms with Gasteiger partial charge in [0.15, 0.2) is 0 Å². The Bertz CT molecular complexity index is 222. The SMILES string of the molecule is CSC1(CNCC2(CO)CCCCC2)CC1. The molecule has 2 rings (SSSR count). The lowest BCUT2D eigenvalue weighted by atomic mass is 9.74. The highest BCUT2D eigenvalue weighted by Gasteiger charge is 2.42. The van der Waals surface area contributed by atoms with Crippen molar-refractivity contribution in [2.24, 2.45) is 5.41 Å². The molecular formula is C13H25NOS. The van der Waals surface area contributed by atoms with E-state index in [9.17, 15) is 5.11 Å². The van der Waals surface area contributed by atoms with Crippen LogP contribution in [0, 0.1) is 5.41 Å². The maximum Gasteiger partial charge on any atom is 0.0499 e. The lowest BCUT2D eigenvalue weighted by Crippen LogP contribution is -2.41. The van der Waals surface area contributed by atoms with Crippen LogP contribution >= 0.6 is 11.8 Å². The summed E-state index contributed by atoms with van der Waals surface area (Å²) in [6, 6.07) is 0. The molecule has 2 aliphatic rings. The summed E-state index contributed by atoms with van der Waals surface area (Å²) in [5.74, 6) is 0. The van der Waals surface area contributed by atoms with Crippen LogP contribution in [0.3, 0.4) is 0 Å². The predicted octanol–water partition coefficient (Wildman–Crippen LogP) is 2.41. The van der Waals surface area contributed by atoms with Crippen LogP contribution in [-0.2, 0) is 0 Å². The first-order valence-corrected chi connectivity index (χ1v) is 7.84. The first-order chi connectivity index (χ1) is 7.74.